The summed E-state index contributed by atoms with van der Waals surface area (Å²) in [5.74, 6) is -0.370. The van der Waals surface area contributed by atoms with E-state index >= 15 is 0 Å². The lowest BCUT2D eigenvalue weighted by Gasteiger charge is -2.23. The van der Waals surface area contributed by atoms with Crippen molar-refractivity contribution < 1.29 is 4.39 Å². The van der Waals surface area contributed by atoms with Gasteiger partial charge in [0.25, 0.3) is 0 Å². The lowest BCUT2D eigenvalue weighted by molar-refractivity contribution is 0.410. The molecule has 0 spiro atoms. The van der Waals surface area contributed by atoms with Crippen molar-refractivity contribution in [2.24, 2.45) is 0 Å². The number of nitrogens with zero attached hydrogens (tertiary/aromatic N) is 1. The Kier molecular flexibility index (Phi) is 2.98. The van der Waals surface area contributed by atoms with Crippen LogP contribution in [0.15, 0.2) is 18.3 Å². The number of aromatic nitrogens is 1. The number of likely N-dealkylation sites (N-methyl/N-ethyl adjacent to an activating group) is 1. The average molecular weight is 182 g/mol. The van der Waals surface area contributed by atoms with Crippen molar-refractivity contribution in [3.63, 3.8) is 0 Å². The van der Waals surface area contributed by atoms with Gasteiger partial charge in [-0.25, -0.2) is 4.98 Å². The molecule has 13 heavy (non-hydrogen) atoms. The molecule has 0 aromatic carbocycles. The topological polar surface area (TPSA) is 24.9 Å². The molecule has 72 valence electrons. The molecule has 1 N–H and O–H groups in total. The van der Waals surface area contributed by atoms with E-state index < -0.39 is 0 Å². The molecule has 3 heteroatoms. The third-order valence-corrected chi connectivity index (χ3v) is 2.15. The molecule has 1 aromatic rings. The number of nitrogens with one attached hydrogen (secondary N) is 1. The van der Waals surface area contributed by atoms with E-state index in [1.165, 1.54) is 6.20 Å². The summed E-state index contributed by atoms with van der Waals surface area (Å²) in [6.07, 6.45) is 2.11. The number of hydrogen-bond acceptors (Lipinski definition) is 2. The molecule has 0 aliphatic heterocycles. The average Bonchev–Trinajstić information content (AvgIpc) is 2.09. The molecule has 0 fully saturated rings. The molecule has 0 aliphatic carbocycles. The van der Waals surface area contributed by atoms with Gasteiger partial charge in [0.2, 0.25) is 5.95 Å². The molecule has 1 rings (SSSR count). The predicted octanol–water partition coefficient (Wildman–Crippen LogP) is 1.76. The van der Waals surface area contributed by atoms with E-state index in [9.17, 15) is 4.39 Å². The maximum absolute atomic E-state index is 13.1. The lowest BCUT2D eigenvalue weighted by atomic mass is 9.96. The van der Waals surface area contributed by atoms with E-state index in [1.807, 2.05) is 20.9 Å². The fourth-order valence-electron chi connectivity index (χ4n) is 1.12. The second-order valence-electron chi connectivity index (χ2n) is 3.76. The van der Waals surface area contributed by atoms with Gasteiger partial charge in [0.15, 0.2) is 0 Å². The molecule has 0 radical (unpaired) electrons. The van der Waals surface area contributed by atoms with Crippen molar-refractivity contribution in [1.82, 2.24) is 10.3 Å². The summed E-state index contributed by atoms with van der Waals surface area (Å²) < 4.78 is 13.1. The molecule has 1 aromatic heterocycles. The Morgan fingerprint density at radius 3 is 2.77 bits per heavy atom. The molecule has 0 atom stereocenters. The monoisotopic (exact) mass is 182 g/mol. The van der Waals surface area contributed by atoms with Gasteiger partial charge in [0.1, 0.15) is 0 Å². The molecule has 0 saturated carbocycles. The van der Waals surface area contributed by atoms with Crippen LogP contribution in [0.5, 0.6) is 0 Å². The van der Waals surface area contributed by atoms with E-state index in [-0.39, 0.29) is 11.5 Å². The summed E-state index contributed by atoms with van der Waals surface area (Å²) >= 11 is 0. The predicted molar refractivity (Wildman–Crippen MR) is 51.0 cm³/mol. The first kappa shape index (κ1) is 10.1. The third kappa shape index (κ3) is 2.77. The first-order valence-corrected chi connectivity index (χ1v) is 4.33. The van der Waals surface area contributed by atoms with Crippen LogP contribution in [0, 0.1) is 5.95 Å². The van der Waals surface area contributed by atoms with Crippen molar-refractivity contribution >= 4 is 0 Å². The molecule has 0 bridgehead atoms. The first-order chi connectivity index (χ1) is 6.05. The Bertz CT molecular complexity index is 284. The van der Waals surface area contributed by atoms with Crippen LogP contribution in [0.25, 0.3) is 0 Å². The van der Waals surface area contributed by atoms with Crippen molar-refractivity contribution in [3.05, 3.63) is 29.8 Å². The standard InChI is InChI=1S/C10H15FN2/c1-10(2,12-3)7-8-5-4-6-13-9(8)11/h4-6,12H,7H2,1-3H3. The van der Waals surface area contributed by atoms with Crippen LogP contribution in [0.4, 0.5) is 4.39 Å². The van der Waals surface area contributed by atoms with Crippen LogP contribution >= 0.6 is 0 Å². The number of rotatable bonds is 3. The summed E-state index contributed by atoms with van der Waals surface area (Å²) in [4.78, 5) is 3.60. The van der Waals surface area contributed by atoms with Gasteiger partial charge in [-0.2, -0.15) is 4.39 Å². The smallest absolute Gasteiger partial charge is 0.216 e. The van der Waals surface area contributed by atoms with Crippen LogP contribution < -0.4 is 5.32 Å². The summed E-state index contributed by atoms with van der Waals surface area (Å²) in [5, 5.41) is 3.12. The van der Waals surface area contributed by atoms with Gasteiger partial charge in [-0.3, -0.25) is 0 Å². The van der Waals surface area contributed by atoms with Crippen molar-refractivity contribution in [1.29, 1.82) is 0 Å². The summed E-state index contributed by atoms with van der Waals surface area (Å²) in [6.45, 7) is 4.05. The minimum Gasteiger partial charge on any atom is -0.314 e. The van der Waals surface area contributed by atoms with E-state index in [2.05, 4.69) is 10.3 Å². The third-order valence-electron chi connectivity index (χ3n) is 2.15. The highest BCUT2D eigenvalue weighted by Gasteiger charge is 2.17. The Morgan fingerprint density at radius 1 is 1.54 bits per heavy atom. The number of hydrogen-bond donors (Lipinski definition) is 1. The van der Waals surface area contributed by atoms with Gasteiger partial charge in [-0.1, -0.05) is 6.07 Å². The zero-order valence-electron chi connectivity index (χ0n) is 8.26. The Hall–Kier alpha value is -0.960. The normalized spacial score (nSPS) is 11.7. The maximum atomic E-state index is 13.1. The minimum atomic E-state index is -0.370. The highest BCUT2D eigenvalue weighted by molar-refractivity contribution is 5.13. The van der Waals surface area contributed by atoms with Gasteiger partial charge in [0.05, 0.1) is 0 Å². The minimum absolute atomic E-state index is 0.0934. The van der Waals surface area contributed by atoms with Crippen LogP contribution in [0.3, 0.4) is 0 Å². The van der Waals surface area contributed by atoms with Crippen molar-refractivity contribution in [2.75, 3.05) is 7.05 Å². The molecular weight excluding hydrogens is 167 g/mol. The van der Waals surface area contributed by atoms with E-state index in [0.29, 0.717) is 12.0 Å². The van der Waals surface area contributed by atoms with Crippen molar-refractivity contribution in [3.8, 4) is 0 Å². The number of halogens is 1. The molecule has 2 nitrogen and oxygen atoms in total. The van der Waals surface area contributed by atoms with E-state index in [4.69, 9.17) is 0 Å². The molecule has 1 heterocycles. The highest BCUT2D eigenvalue weighted by Crippen LogP contribution is 2.13. The zero-order valence-corrected chi connectivity index (χ0v) is 8.26. The quantitative estimate of drug-likeness (QED) is 0.720. The molecular formula is C10H15FN2. The van der Waals surface area contributed by atoms with Crippen LogP contribution in [0.2, 0.25) is 0 Å². The summed E-state index contributed by atoms with van der Waals surface area (Å²) in [6, 6.07) is 3.52. The summed E-state index contributed by atoms with van der Waals surface area (Å²) in [5.41, 5.74) is 0.561. The Morgan fingerprint density at radius 2 is 2.23 bits per heavy atom. The van der Waals surface area contributed by atoms with Gasteiger partial charge in [0, 0.05) is 17.3 Å². The largest absolute Gasteiger partial charge is 0.314 e. The summed E-state index contributed by atoms with van der Waals surface area (Å²) in [7, 11) is 1.87. The van der Waals surface area contributed by atoms with Gasteiger partial charge in [-0.15, -0.1) is 0 Å². The van der Waals surface area contributed by atoms with E-state index in [1.54, 1.807) is 12.1 Å². The van der Waals surface area contributed by atoms with Crippen LogP contribution in [0.1, 0.15) is 19.4 Å². The van der Waals surface area contributed by atoms with Gasteiger partial charge in [-0.05, 0) is 33.4 Å². The van der Waals surface area contributed by atoms with Gasteiger partial charge < -0.3 is 5.32 Å². The van der Waals surface area contributed by atoms with Crippen LogP contribution in [-0.2, 0) is 6.42 Å². The van der Waals surface area contributed by atoms with Crippen molar-refractivity contribution in [2.45, 2.75) is 25.8 Å². The zero-order chi connectivity index (χ0) is 9.90. The number of pyridine rings is 1. The molecule has 0 unspecified atom stereocenters. The lowest BCUT2D eigenvalue weighted by Crippen LogP contribution is -2.38. The van der Waals surface area contributed by atoms with Crippen LogP contribution in [-0.4, -0.2) is 17.6 Å². The maximum Gasteiger partial charge on any atom is 0.216 e. The van der Waals surface area contributed by atoms with E-state index in [0.717, 1.165) is 0 Å². The molecule has 0 amide bonds. The molecule has 0 aliphatic rings. The second kappa shape index (κ2) is 3.83. The molecule has 0 saturated heterocycles. The second-order valence-corrected chi connectivity index (χ2v) is 3.76. The fourth-order valence-corrected chi connectivity index (χ4v) is 1.12. The fraction of sp³-hybridized carbons (Fsp3) is 0.500. The van der Waals surface area contributed by atoms with Gasteiger partial charge >= 0.3 is 0 Å². The SMILES string of the molecule is CNC(C)(C)Cc1cccnc1F. The Labute approximate surface area is 78.2 Å². The first-order valence-electron chi connectivity index (χ1n) is 4.33. The highest BCUT2D eigenvalue weighted by atomic mass is 19.1. The Balaban J connectivity index is 2.80.